The number of carbonyl (C=O) groups is 2. The van der Waals surface area contributed by atoms with Gasteiger partial charge < -0.3 is 20.3 Å². The quantitative estimate of drug-likeness (QED) is 0.169. The lowest BCUT2D eigenvalue weighted by molar-refractivity contribution is -0.136. The Hall–Kier alpha value is -6.01. The maximum Gasteiger partial charge on any atom is 0.261 e. The summed E-state index contributed by atoms with van der Waals surface area (Å²) in [5.74, 6) is -1.99. The van der Waals surface area contributed by atoms with Gasteiger partial charge in [-0.1, -0.05) is 36.4 Å². The van der Waals surface area contributed by atoms with Gasteiger partial charge in [0.2, 0.25) is 11.9 Å². The highest BCUT2D eigenvalue weighted by atomic mass is 19.1. The van der Waals surface area contributed by atoms with Crippen molar-refractivity contribution in [3.63, 3.8) is 0 Å². The molecule has 4 heterocycles. The molecule has 0 radical (unpaired) electrons. The van der Waals surface area contributed by atoms with Crippen molar-refractivity contribution < 1.29 is 23.1 Å². The van der Waals surface area contributed by atoms with Gasteiger partial charge in [0.25, 0.3) is 5.91 Å². The van der Waals surface area contributed by atoms with Gasteiger partial charge in [-0.3, -0.25) is 14.0 Å². The topological polar surface area (TPSA) is 114 Å². The molecule has 50 heavy (non-hydrogen) atoms. The van der Waals surface area contributed by atoms with E-state index in [4.69, 9.17) is 14.7 Å². The number of likely N-dealkylation sites (tertiary alicyclic amines) is 1. The van der Waals surface area contributed by atoms with Gasteiger partial charge in [-0.25, -0.2) is 23.7 Å². The number of rotatable bonds is 9. The Morgan fingerprint density at radius 3 is 2.40 bits per heavy atom. The minimum Gasteiger partial charge on any atom is -0.375 e. The van der Waals surface area contributed by atoms with Crippen molar-refractivity contribution >= 4 is 34.8 Å². The van der Waals surface area contributed by atoms with E-state index in [-0.39, 0.29) is 12.5 Å². The highest BCUT2D eigenvalue weighted by Crippen LogP contribution is 2.34. The van der Waals surface area contributed by atoms with Crippen molar-refractivity contribution in [3.05, 3.63) is 126 Å². The summed E-state index contributed by atoms with van der Waals surface area (Å²) < 4.78 is 35.5. The molecule has 1 fully saturated rings. The molecule has 0 unspecified atom stereocenters. The smallest absolute Gasteiger partial charge is 0.261 e. The average Bonchev–Trinajstić information content (AvgIpc) is 3.52. The number of piperidine rings is 1. The molecule has 2 amide bonds. The van der Waals surface area contributed by atoms with Gasteiger partial charge in [-0.05, 0) is 78.9 Å². The van der Waals surface area contributed by atoms with Crippen LogP contribution in [0.15, 0.2) is 103 Å². The maximum atomic E-state index is 14.3. The Balaban J connectivity index is 1.12. The molecule has 12 heteroatoms. The number of aromatic nitrogens is 4. The summed E-state index contributed by atoms with van der Waals surface area (Å²) in [7, 11) is 1.53. The van der Waals surface area contributed by atoms with E-state index in [0.29, 0.717) is 58.9 Å². The third-order valence-corrected chi connectivity index (χ3v) is 8.77. The highest BCUT2D eigenvalue weighted by Gasteiger charge is 2.24. The molecule has 2 N–H and O–H groups in total. The monoisotopic (exact) mass is 673 g/mol. The molecule has 0 bridgehead atoms. The molecule has 0 aliphatic carbocycles. The molecular formula is C38H33F2N7O3. The first kappa shape index (κ1) is 32.5. The normalized spacial score (nSPS) is 13.4. The number of pyridine rings is 1. The first-order valence-corrected chi connectivity index (χ1v) is 16.2. The van der Waals surface area contributed by atoms with Gasteiger partial charge in [0, 0.05) is 49.5 Å². The molecule has 1 saturated heterocycles. The number of carbonyl (C=O) groups excluding carboxylic acids is 2. The highest BCUT2D eigenvalue weighted by molar-refractivity contribution is 6.05. The molecule has 1 aliphatic rings. The van der Waals surface area contributed by atoms with Crippen molar-refractivity contribution in [2.75, 3.05) is 37.4 Å². The molecule has 10 nitrogen and oxygen atoms in total. The number of nitrogens with one attached hydrogen (secondary N) is 2. The summed E-state index contributed by atoms with van der Waals surface area (Å²) in [5.41, 5.74) is 4.96. The first-order chi connectivity index (χ1) is 24.4. The predicted molar refractivity (Wildman–Crippen MR) is 186 cm³/mol. The number of hydrogen-bond acceptors (Lipinski definition) is 7. The average molecular weight is 674 g/mol. The SMILES string of the molecule is COCC(=O)N1CCC(c2ccc(Nc3nccc(-c4c(-c5cccc(NC(=O)c6c(F)cccc6F)c5)nc5ccccn45)n3)cc2)CC1. The van der Waals surface area contributed by atoms with Crippen LogP contribution in [-0.4, -0.2) is 62.9 Å². The molecule has 6 aromatic rings. The third kappa shape index (κ3) is 6.78. The summed E-state index contributed by atoms with van der Waals surface area (Å²) in [6.45, 7) is 1.54. The van der Waals surface area contributed by atoms with E-state index < -0.39 is 23.1 Å². The second kappa shape index (κ2) is 14.2. The van der Waals surface area contributed by atoms with Gasteiger partial charge in [0.05, 0.1) is 17.1 Å². The zero-order chi connectivity index (χ0) is 34.6. The Kier molecular flexibility index (Phi) is 9.26. The van der Waals surface area contributed by atoms with Gasteiger partial charge >= 0.3 is 0 Å². The van der Waals surface area contributed by atoms with E-state index in [9.17, 15) is 18.4 Å². The van der Waals surface area contributed by atoms with Crippen LogP contribution < -0.4 is 10.6 Å². The van der Waals surface area contributed by atoms with Crippen molar-refractivity contribution in [2.45, 2.75) is 18.8 Å². The van der Waals surface area contributed by atoms with Crippen molar-refractivity contribution in [1.82, 2.24) is 24.3 Å². The summed E-state index contributed by atoms with van der Waals surface area (Å²) in [4.78, 5) is 41.0. The fraction of sp³-hybridized carbons (Fsp3) is 0.184. The molecule has 0 spiro atoms. The molecule has 0 saturated carbocycles. The van der Waals surface area contributed by atoms with Crippen LogP contribution in [0.25, 0.3) is 28.3 Å². The fourth-order valence-corrected chi connectivity index (χ4v) is 6.29. The minimum atomic E-state index is -0.946. The van der Waals surface area contributed by atoms with Crippen LogP contribution in [0.1, 0.15) is 34.7 Å². The largest absolute Gasteiger partial charge is 0.375 e. The standard InChI is InChI=1S/C38H33F2N7O3/c1-50-23-33(48)46-20-16-25(17-21-46)24-11-13-27(14-12-24)43-38-41-18-15-31(44-38)36-35(45-32-10-2-3-19-47(32)36)26-6-4-7-28(22-26)42-37(49)34-29(39)8-5-9-30(34)40/h2-15,18-19,22,25H,16-17,20-21,23H2,1H3,(H,42,49)(H,41,43,44). The first-order valence-electron chi connectivity index (χ1n) is 16.2. The zero-order valence-electron chi connectivity index (χ0n) is 27.1. The van der Waals surface area contributed by atoms with Crippen LogP contribution in [0.4, 0.5) is 26.1 Å². The molecule has 3 aromatic carbocycles. The van der Waals surface area contributed by atoms with E-state index >= 15 is 0 Å². The number of fused-ring (bicyclic) bond motifs is 1. The Morgan fingerprint density at radius 1 is 0.880 bits per heavy atom. The molecular weight excluding hydrogens is 640 g/mol. The van der Waals surface area contributed by atoms with Crippen LogP contribution in [-0.2, 0) is 9.53 Å². The van der Waals surface area contributed by atoms with E-state index in [1.54, 1.807) is 30.5 Å². The van der Waals surface area contributed by atoms with E-state index in [1.807, 2.05) is 51.9 Å². The molecule has 252 valence electrons. The fourth-order valence-electron chi connectivity index (χ4n) is 6.29. The van der Waals surface area contributed by atoms with Crippen LogP contribution >= 0.6 is 0 Å². The number of hydrogen-bond donors (Lipinski definition) is 2. The van der Waals surface area contributed by atoms with E-state index in [2.05, 4.69) is 27.8 Å². The number of amides is 2. The summed E-state index contributed by atoms with van der Waals surface area (Å²) in [5, 5.41) is 5.91. The van der Waals surface area contributed by atoms with Crippen LogP contribution in [0.5, 0.6) is 0 Å². The minimum absolute atomic E-state index is 0.0280. The number of anilines is 3. The Morgan fingerprint density at radius 2 is 1.64 bits per heavy atom. The summed E-state index contributed by atoms with van der Waals surface area (Å²) in [6.07, 6.45) is 5.35. The number of ether oxygens (including phenoxy) is 1. The lowest BCUT2D eigenvalue weighted by atomic mass is 9.89. The Labute approximate surface area is 286 Å². The second-order valence-corrected chi connectivity index (χ2v) is 12.0. The van der Waals surface area contributed by atoms with Crippen LogP contribution in [0.2, 0.25) is 0 Å². The maximum absolute atomic E-state index is 14.3. The van der Waals surface area contributed by atoms with Crippen molar-refractivity contribution in [1.29, 1.82) is 0 Å². The summed E-state index contributed by atoms with van der Waals surface area (Å²) in [6, 6.07) is 25.8. The molecule has 3 aromatic heterocycles. The molecule has 1 aliphatic heterocycles. The number of methoxy groups -OCH3 is 1. The van der Waals surface area contributed by atoms with Crippen molar-refractivity contribution in [3.8, 4) is 22.6 Å². The van der Waals surface area contributed by atoms with Gasteiger partial charge in [0.1, 0.15) is 29.5 Å². The number of benzene rings is 3. The number of halogens is 2. The second-order valence-electron chi connectivity index (χ2n) is 12.0. The van der Waals surface area contributed by atoms with Gasteiger partial charge in [-0.2, -0.15) is 0 Å². The van der Waals surface area contributed by atoms with Gasteiger partial charge in [0.15, 0.2) is 0 Å². The Bertz CT molecular complexity index is 2160. The van der Waals surface area contributed by atoms with Gasteiger partial charge in [-0.15, -0.1) is 0 Å². The lowest BCUT2D eigenvalue weighted by Crippen LogP contribution is -2.39. The number of imidazole rings is 1. The molecule has 0 atom stereocenters. The zero-order valence-corrected chi connectivity index (χ0v) is 27.1. The van der Waals surface area contributed by atoms with Crippen LogP contribution in [0, 0.1) is 11.6 Å². The van der Waals surface area contributed by atoms with Crippen LogP contribution in [0.3, 0.4) is 0 Å². The summed E-state index contributed by atoms with van der Waals surface area (Å²) >= 11 is 0. The van der Waals surface area contributed by atoms with E-state index in [0.717, 1.165) is 30.7 Å². The predicted octanol–water partition coefficient (Wildman–Crippen LogP) is 7.08. The number of nitrogens with zero attached hydrogens (tertiary/aromatic N) is 5. The van der Waals surface area contributed by atoms with Crippen molar-refractivity contribution in [2.24, 2.45) is 0 Å². The molecule has 7 rings (SSSR count). The lowest BCUT2D eigenvalue weighted by Gasteiger charge is -2.32. The third-order valence-electron chi connectivity index (χ3n) is 8.77. The van der Waals surface area contributed by atoms with E-state index in [1.165, 1.54) is 18.7 Å².